The zero-order valence-electron chi connectivity index (χ0n) is 14.4. The van der Waals surface area contributed by atoms with Crippen LogP contribution >= 0.6 is 11.3 Å². The standard InChI is InChI=1S/C18H17FN6OS/c19-13-5-3-4-12(10-13)11-16-23-24-18(27-16)20-17(26)14-6-7-15(22-21-14)25-8-1-2-9-25/h3-7,10H,1-2,8-9,11H2,(H,20,24,26). The van der Waals surface area contributed by atoms with Crippen molar-refractivity contribution < 1.29 is 9.18 Å². The molecule has 9 heteroatoms. The molecule has 0 atom stereocenters. The number of halogens is 1. The van der Waals surface area contributed by atoms with Crippen molar-refractivity contribution in [2.24, 2.45) is 0 Å². The Balaban J connectivity index is 1.39. The first-order chi connectivity index (χ1) is 13.2. The average Bonchev–Trinajstić information content (AvgIpc) is 3.34. The summed E-state index contributed by atoms with van der Waals surface area (Å²) < 4.78 is 13.3. The number of carbonyl (C=O) groups excluding carboxylic acids is 1. The summed E-state index contributed by atoms with van der Waals surface area (Å²) >= 11 is 1.25. The Morgan fingerprint density at radius 3 is 2.70 bits per heavy atom. The van der Waals surface area contributed by atoms with Gasteiger partial charge in [0.05, 0.1) is 0 Å². The van der Waals surface area contributed by atoms with Crippen molar-refractivity contribution in [2.75, 3.05) is 23.3 Å². The van der Waals surface area contributed by atoms with Crippen LogP contribution in [0.5, 0.6) is 0 Å². The van der Waals surface area contributed by atoms with E-state index in [0.717, 1.165) is 37.3 Å². The number of aromatic nitrogens is 4. The lowest BCUT2D eigenvalue weighted by Gasteiger charge is -2.14. The van der Waals surface area contributed by atoms with Gasteiger partial charge < -0.3 is 4.90 Å². The molecule has 0 unspecified atom stereocenters. The number of carbonyl (C=O) groups is 1. The maximum atomic E-state index is 13.3. The molecule has 1 saturated heterocycles. The Kier molecular flexibility index (Phi) is 5.01. The number of hydrogen-bond donors (Lipinski definition) is 1. The van der Waals surface area contributed by atoms with Crippen LogP contribution in [0.15, 0.2) is 36.4 Å². The van der Waals surface area contributed by atoms with Gasteiger partial charge in [-0.2, -0.15) is 0 Å². The first-order valence-electron chi connectivity index (χ1n) is 8.64. The Labute approximate surface area is 159 Å². The fourth-order valence-corrected chi connectivity index (χ4v) is 3.69. The second kappa shape index (κ2) is 7.75. The monoisotopic (exact) mass is 384 g/mol. The highest BCUT2D eigenvalue weighted by atomic mass is 32.1. The van der Waals surface area contributed by atoms with Crippen molar-refractivity contribution in [1.29, 1.82) is 0 Å². The third kappa shape index (κ3) is 4.25. The van der Waals surface area contributed by atoms with Crippen LogP contribution in [-0.4, -0.2) is 39.4 Å². The molecule has 4 rings (SSSR count). The van der Waals surface area contributed by atoms with Gasteiger partial charge in [-0.25, -0.2) is 4.39 Å². The van der Waals surface area contributed by atoms with Crippen LogP contribution in [0.2, 0.25) is 0 Å². The van der Waals surface area contributed by atoms with Gasteiger partial charge in [0.1, 0.15) is 10.8 Å². The van der Waals surface area contributed by atoms with Crippen molar-refractivity contribution in [3.05, 3.63) is 58.5 Å². The normalized spacial score (nSPS) is 13.7. The molecule has 3 aromatic rings. The molecule has 0 radical (unpaired) electrons. The minimum Gasteiger partial charge on any atom is -0.355 e. The van der Waals surface area contributed by atoms with Crippen LogP contribution in [-0.2, 0) is 6.42 Å². The maximum Gasteiger partial charge on any atom is 0.278 e. The highest BCUT2D eigenvalue weighted by Crippen LogP contribution is 2.20. The number of amides is 1. The molecule has 27 heavy (non-hydrogen) atoms. The zero-order valence-corrected chi connectivity index (χ0v) is 15.2. The third-order valence-electron chi connectivity index (χ3n) is 4.24. The molecule has 0 aliphatic carbocycles. The molecule has 1 aliphatic heterocycles. The van der Waals surface area contributed by atoms with Gasteiger partial charge in [0.25, 0.3) is 5.91 Å². The van der Waals surface area contributed by atoms with Crippen molar-refractivity contribution in [3.63, 3.8) is 0 Å². The lowest BCUT2D eigenvalue weighted by atomic mass is 10.1. The van der Waals surface area contributed by atoms with Gasteiger partial charge in [0, 0.05) is 19.5 Å². The van der Waals surface area contributed by atoms with Gasteiger partial charge in [-0.15, -0.1) is 20.4 Å². The van der Waals surface area contributed by atoms with E-state index in [0.29, 0.717) is 16.6 Å². The number of nitrogens with zero attached hydrogens (tertiary/aromatic N) is 5. The second-order valence-corrected chi connectivity index (χ2v) is 7.29. The van der Waals surface area contributed by atoms with Gasteiger partial charge in [-0.1, -0.05) is 23.5 Å². The predicted octanol–water partition coefficient (Wildman–Crippen LogP) is 2.91. The summed E-state index contributed by atoms with van der Waals surface area (Å²) in [6, 6.07) is 9.79. The Hall–Kier alpha value is -2.94. The number of anilines is 2. The number of benzene rings is 1. The van der Waals surface area contributed by atoms with Crippen molar-refractivity contribution in [1.82, 2.24) is 20.4 Å². The lowest BCUT2D eigenvalue weighted by molar-refractivity contribution is 0.102. The van der Waals surface area contributed by atoms with Crippen LogP contribution in [0.4, 0.5) is 15.3 Å². The average molecular weight is 384 g/mol. The largest absolute Gasteiger partial charge is 0.355 e. The molecule has 0 saturated carbocycles. The molecule has 1 amide bonds. The van der Waals surface area contributed by atoms with E-state index in [-0.39, 0.29) is 17.4 Å². The molecule has 7 nitrogen and oxygen atoms in total. The number of hydrogen-bond acceptors (Lipinski definition) is 7. The van der Waals surface area contributed by atoms with Crippen molar-refractivity contribution in [2.45, 2.75) is 19.3 Å². The zero-order chi connectivity index (χ0) is 18.6. The van der Waals surface area contributed by atoms with E-state index >= 15 is 0 Å². The van der Waals surface area contributed by atoms with Crippen LogP contribution in [0.25, 0.3) is 0 Å². The van der Waals surface area contributed by atoms with Crippen molar-refractivity contribution >= 4 is 28.2 Å². The highest BCUT2D eigenvalue weighted by Gasteiger charge is 2.16. The third-order valence-corrected chi connectivity index (χ3v) is 5.08. The second-order valence-electron chi connectivity index (χ2n) is 6.23. The summed E-state index contributed by atoms with van der Waals surface area (Å²) in [5, 5.41) is 19.9. The Bertz CT molecular complexity index is 939. The summed E-state index contributed by atoms with van der Waals surface area (Å²) in [4.78, 5) is 14.5. The van der Waals surface area contributed by atoms with Gasteiger partial charge >= 0.3 is 0 Å². The van der Waals surface area contributed by atoms with Gasteiger partial charge in [-0.05, 0) is 42.7 Å². The van der Waals surface area contributed by atoms with Gasteiger partial charge in [0.15, 0.2) is 11.5 Å². The smallest absolute Gasteiger partial charge is 0.278 e. The summed E-state index contributed by atoms with van der Waals surface area (Å²) in [5.41, 5.74) is 1.02. The van der Waals surface area contributed by atoms with Crippen LogP contribution in [0, 0.1) is 5.82 Å². The van der Waals surface area contributed by atoms with E-state index in [2.05, 4.69) is 30.6 Å². The number of rotatable bonds is 5. The first-order valence-corrected chi connectivity index (χ1v) is 9.46. The first kappa shape index (κ1) is 17.5. The van der Waals surface area contributed by atoms with Crippen LogP contribution in [0.3, 0.4) is 0 Å². The molecule has 2 aromatic heterocycles. The molecule has 0 spiro atoms. The molecular weight excluding hydrogens is 367 g/mol. The number of nitrogens with one attached hydrogen (secondary N) is 1. The lowest BCUT2D eigenvalue weighted by Crippen LogP contribution is -2.20. The minimum absolute atomic E-state index is 0.222. The fraction of sp³-hybridized carbons (Fsp3) is 0.278. The summed E-state index contributed by atoms with van der Waals surface area (Å²) in [7, 11) is 0. The van der Waals surface area contributed by atoms with E-state index in [9.17, 15) is 9.18 Å². The van der Waals surface area contributed by atoms with Crippen LogP contribution in [0.1, 0.15) is 33.9 Å². The quantitative estimate of drug-likeness (QED) is 0.728. The maximum absolute atomic E-state index is 13.3. The Morgan fingerprint density at radius 2 is 1.96 bits per heavy atom. The SMILES string of the molecule is O=C(Nc1nnc(Cc2cccc(F)c2)s1)c1ccc(N2CCCC2)nn1. The highest BCUT2D eigenvalue weighted by molar-refractivity contribution is 7.15. The predicted molar refractivity (Wildman–Crippen MR) is 101 cm³/mol. The topological polar surface area (TPSA) is 83.9 Å². The molecule has 1 fully saturated rings. The van der Waals surface area contributed by atoms with Crippen molar-refractivity contribution in [3.8, 4) is 0 Å². The molecule has 0 bridgehead atoms. The van der Waals surface area contributed by atoms with Crippen LogP contribution < -0.4 is 10.2 Å². The Morgan fingerprint density at radius 1 is 1.11 bits per heavy atom. The fourth-order valence-electron chi connectivity index (χ4n) is 2.92. The molecule has 1 N–H and O–H groups in total. The minimum atomic E-state index is -0.385. The molecule has 1 aliphatic rings. The van der Waals surface area contributed by atoms with E-state index in [1.807, 2.05) is 12.1 Å². The summed E-state index contributed by atoms with van der Waals surface area (Å²) in [6.45, 7) is 1.94. The van der Waals surface area contributed by atoms with E-state index < -0.39 is 0 Å². The summed E-state index contributed by atoms with van der Waals surface area (Å²) in [6.07, 6.45) is 2.76. The van der Waals surface area contributed by atoms with E-state index in [1.54, 1.807) is 12.1 Å². The summed E-state index contributed by atoms with van der Waals surface area (Å²) in [5.74, 6) is 0.114. The van der Waals surface area contributed by atoms with E-state index in [4.69, 9.17) is 0 Å². The van der Waals surface area contributed by atoms with Gasteiger partial charge in [-0.3, -0.25) is 10.1 Å². The van der Waals surface area contributed by atoms with E-state index in [1.165, 1.54) is 23.5 Å². The molecule has 138 valence electrons. The van der Waals surface area contributed by atoms with Gasteiger partial charge in [0.2, 0.25) is 5.13 Å². The molecule has 3 heterocycles. The molecule has 1 aromatic carbocycles. The molecular formula is C18H17FN6OS.